The molecule has 0 unspecified atom stereocenters. The lowest BCUT2D eigenvalue weighted by Gasteiger charge is -2.15. The van der Waals surface area contributed by atoms with Crippen molar-refractivity contribution in [3.05, 3.63) is 71.5 Å². The van der Waals surface area contributed by atoms with Gasteiger partial charge in [-0.05, 0) is 54.8 Å². The third kappa shape index (κ3) is 3.79. The zero-order chi connectivity index (χ0) is 18.0. The van der Waals surface area contributed by atoms with Crippen LogP contribution in [0.15, 0.2) is 54.9 Å². The Kier molecular flexibility index (Phi) is 4.44. The molecule has 1 aromatic heterocycles. The molecule has 0 atom stereocenters. The molecule has 0 aliphatic rings. The molecule has 0 spiro atoms. The Balaban J connectivity index is 2.06. The fourth-order valence-electron chi connectivity index (χ4n) is 2.57. The highest BCUT2D eigenvalue weighted by Gasteiger charge is 2.30. The minimum absolute atomic E-state index is 0.183. The molecule has 0 amide bonds. The van der Waals surface area contributed by atoms with Crippen molar-refractivity contribution >= 4 is 0 Å². The van der Waals surface area contributed by atoms with Gasteiger partial charge in [-0.3, -0.25) is 0 Å². The smallest absolute Gasteiger partial charge is 0.416 e. The van der Waals surface area contributed by atoms with Crippen molar-refractivity contribution in [3.63, 3.8) is 0 Å². The normalized spacial score (nSPS) is 11.4. The summed E-state index contributed by atoms with van der Waals surface area (Å²) in [6.45, 7) is 3.79. The van der Waals surface area contributed by atoms with E-state index in [1.54, 1.807) is 18.5 Å². The van der Waals surface area contributed by atoms with Gasteiger partial charge in [0.05, 0.1) is 5.56 Å². The third-order valence-electron chi connectivity index (χ3n) is 3.68. The molecule has 0 saturated carbocycles. The van der Waals surface area contributed by atoms with Crippen LogP contribution in [0.5, 0.6) is 11.8 Å². The number of aromatic nitrogens is 2. The predicted octanol–water partition coefficient (Wildman–Crippen LogP) is 5.57. The molecule has 3 rings (SSSR count). The van der Waals surface area contributed by atoms with Crippen molar-refractivity contribution in [2.75, 3.05) is 0 Å². The number of halogens is 3. The molecule has 1 heterocycles. The summed E-state index contributed by atoms with van der Waals surface area (Å²) < 4.78 is 44.1. The monoisotopic (exact) mass is 344 g/mol. The number of ether oxygens (including phenoxy) is 1. The molecule has 0 N–H and O–H groups in total. The van der Waals surface area contributed by atoms with Crippen LogP contribution >= 0.6 is 0 Å². The summed E-state index contributed by atoms with van der Waals surface area (Å²) in [6, 6.07) is 10.7. The molecular weight excluding hydrogens is 329 g/mol. The summed E-state index contributed by atoms with van der Waals surface area (Å²) in [4.78, 5) is 8.07. The van der Waals surface area contributed by atoms with Crippen molar-refractivity contribution in [2.45, 2.75) is 20.0 Å². The Hall–Kier alpha value is -2.89. The summed E-state index contributed by atoms with van der Waals surface area (Å²) in [5.74, 6) is 0.525. The SMILES string of the molecule is Cc1cc(C)c(Oc2ncccn2)c(-c2ccc(C(F)(F)F)cc2)c1. The second-order valence-corrected chi connectivity index (χ2v) is 5.67. The van der Waals surface area contributed by atoms with Crippen LogP contribution < -0.4 is 4.74 Å². The van der Waals surface area contributed by atoms with Crippen molar-refractivity contribution in [3.8, 4) is 22.9 Å². The zero-order valence-electron chi connectivity index (χ0n) is 13.6. The minimum atomic E-state index is -4.36. The van der Waals surface area contributed by atoms with Crippen molar-refractivity contribution < 1.29 is 17.9 Å². The largest absolute Gasteiger partial charge is 0.423 e. The first kappa shape index (κ1) is 17.0. The van der Waals surface area contributed by atoms with Gasteiger partial charge in [0.15, 0.2) is 0 Å². The van der Waals surface area contributed by atoms with E-state index in [4.69, 9.17) is 4.74 Å². The van der Waals surface area contributed by atoms with Gasteiger partial charge in [0, 0.05) is 18.0 Å². The first-order valence-electron chi connectivity index (χ1n) is 7.58. The van der Waals surface area contributed by atoms with Gasteiger partial charge >= 0.3 is 12.2 Å². The van der Waals surface area contributed by atoms with E-state index >= 15 is 0 Å². The second kappa shape index (κ2) is 6.55. The van der Waals surface area contributed by atoms with Gasteiger partial charge in [-0.2, -0.15) is 13.2 Å². The third-order valence-corrected chi connectivity index (χ3v) is 3.68. The fourth-order valence-corrected chi connectivity index (χ4v) is 2.57. The van der Waals surface area contributed by atoms with E-state index in [2.05, 4.69) is 9.97 Å². The van der Waals surface area contributed by atoms with Gasteiger partial charge in [0.25, 0.3) is 0 Å². The molecule has 25 heavy (non-hydrogen) atoms. The average molecular weight is 344 g/mol. The first-order chi connectivity index (χ1) is 11.8. The minimum Gasteiger partial charge on any atom is -0.423 e. The molecule has 0 saturated heterocycles. The average Bonchev–Trinajstić information content (AvgIpc) is 2.57. The Morgan fingerprint density at radius 2 is 1.56 bits per heavy atom. The highest BCUT2D eigenvalue weighted by atomic mass is 19.4. The van der Waals surface area contributed by atoms with Crippen molar-refractivity contribution in [2.24, 2.45) is 0 Å². The number of benzene rings is 2. The zero-order valence-corrected chi connectivity index (χ0v) is 13.6. The van der Waals surface area contributed by atoms with Crippen LogP contribution in [0.25, 0.3) is 11.1 Å². The topological polar surface area (TPSA) is 35.0 Å². The fraction of sp³-hybridized carbons (Fsp3) is 0.158. The molecule has 0 fully saturated rings. The lowest BCUT2D eigenvalue weighted by molar-refractivity contribution is -0.137. The van der Waals surface area contributed by atoms with E-state index < -0.39 is 11.7 Å². The summed E-state index contributed by atoms with van der Waals surface area (Å²) in [7, 11) is 0. The van der Waals surface area contributed by atoms with E-state index in [9.17, 15) is 13.2 Å². The van der Waals surface area contributed by atoms with E-state index in [0.29, 0.717) is 16.9 Å². The number of hydrogen-bond acceptors (Lipinski definition) is 3. The van der Waals surface area contributed by atoms with Crippen LogP contribution in [0.2, 0.25) is 0 Å². The summed E-state index contributed by atoms with van der Waals surface area (Å²) >= 11 is 0. The highest BCUT2D eigenvalue weighted by Crippen LogP contribution is 2.38. The number of aryl methyl sites for hydroxylation is 2. The maximum Gasteiger partial charge on any atom is 0.416 e. The quantitative estimate of drug-likeness (QED) is 0.623. The van der Waals surface area contributed by atoms with Crippen LogP contribution in [0.4, 0.5) is 13.2 Å². The van der Waals surface area contributed by atoms with Gasteiger partial charge in [0.2, 0.25) is 0 Å². The van der Waals surface area contributed by atoms with Gasteiger partial charge in [0.1, 0.15) is 5.75 Å². The van der Waals surface area contributed by atoms with Crippen LogP contribution in [0.3, 0.4) is 0 Å². The first-order valence-corrected chi connectivity index (χ1v) is 7.58. The van der Waals surface area contributed by atoms with Gasteiger partial charge < -0.3 is 4.74 Å². The van der Waals surface area contributed by atoms with Gasteiger partial charge in [-0.25, -0.2) is 9.97 Å². The van der Waals surface area contributed by atoms with E-state index in [1.807, 2.05) is 26.0 Å². The molecule has 0 radical (unpaired) electrons. The van der Waals surface area contributed by atoms with Crippen LogP contribution in [-0.2, 0) is 6.18 Å². The molecule has 0 bridgehead atoms. The summed E-state index contributed by atoms with van der Waals surface area (Å²) in [5.41, 5.74) is 2.47. The Morgan fingerprint density at radius 3 is 2.16 bits per heavy atom. The Morgan fingerprint density at radius 1 is 0.920 bits per heavy atom. The van der Waals surface area contributed by atoms with E-state index in [-0.39, 0.29) is 6.01 Å². The van der Waals surface area contributed by atoms with Crippen molar-refractivity contribution in [1.82, 2.24) is 9.97 Å². The predicted molar refractivity (Wildman–Crippen MR) is 88.5 cm³/mol. The lowest BCUT2D eigenvalue weighted by Crippen LogP contribution is -2.04. The number of hydrogen-bond donors (Lipinski definition) is 0. The maximum absolute atomic E-state index is 12.8. The van der Waals surface area contributed by atoms with Gasteiger partial charge in [-0.1, -0.05) is 18.2 Å². The highest BCUT2D eigenvalue weighted by molar-refractivity contribution is 5.73. The molecule has 2 aromatic carbocycles. The standard InChI is InChI=1S/C19H15F3N2O/c1-12-10-13(2)17(25-18-23-8-3-9-24-18)16(11-12)14-4-6-15(7-5-14)19(20,21)22/h3-11H,1-2H3. The molecule has 0 aliphatic carbocycles. The number of nitrogens with zero attached hydrogens (tertiary/aromatic N) is 2. The number of alkyl halides is 3. The molecule has 3 nitrogen and oxygen atoms in total. The van der Waals surface area contributed by atoms with Crippen LogP contribution in [-0.4, -0.2) is 9.97 Å². The second-order valence-electron chi connectivity index (χ2n) is 5.67. The summed E-state index contributed by atoms with van der Waals surface area (Å²) in [5, 5.41) is 0. The molecule has 3 aromatic rings. The molecule has 128 valence electrons. The Labute approximate surface area is 143 Å². The van der Waals surface area contributed by atoms with Crippen LogP contribution in [0.1, 0.15) is 16.7 Å². The summed E-state index contributed by atoms with van der Waals surface area (Å²) in [6.07, 6.45) is -1.24. The Bertz CT molecular complexity index is 876. The van der Waals surface area contributed by atoms with E-state index in [1.165, 1.54) is 12.1 Å². The lowest BCUT2D eigenvalue weighted by atomic mass is 9.98. The van der Waals surface area contributed by atoms with Crippen LogP contribution in [0, 0.1) is 13.8 Å². The number of rotatable bonds is 3. The molecular formula is C19H15F3N2O. The van der Waals surface area contributed by atoms with E-state index in [0.717, 1.165) is 23.3 Å². The maximum atomic E-state index is 12.8. The molecule has 6 heteroatoms. The van der Waals surface area contributed by atoms with Gasteiger partial charge in [-0.15, -0.1) is 0 Å². The van der Waals surface area contributed by atoms with Crippen molar-refractivity contribution in [1.29, 1.82) is 0 Å². The molecule has 0 aliphatic heterocycles.